The molecule has 0 atom stereocenters. The van der Waals surface area contributed by atoms with Crippen molar-refractivity contribution in [1.82, 2.24) is 9.80 Å². The molecule has 0 aromatic heterocycles. The van der Waals surface area contributed by atoms with Crippen molar-refractivity contribution in [3.05, 3.63) is 47.5 Å². The molecular formula is C20H24N2O3. The standard InChI is InChI=1S/C20H24N2O3/c1-14-6-4-5-7-17(14)15-10-16-12-22(13-19(24)21(2)3)8-9-25-20(16)18(23)11-15/h4-7,10-11,23H,8-9,12-13H2,1-3H3. The number of fused-ring (bicyclic) bond motifs is 1. The minimum absolute atomic E-state index is 0.0581. The fourth-order valence-electron chi connectivity index (χ4n) is 3.07. The predicted octanol–water partition coefficient (Wildman–Crippen LogP) is 2.65. The van der Waals surface area contributed by atoms with Crippen LogP contribution in [0.1, 0.15) is 11.1 Å². The Bertz CT molecular complexity index is 787. The summed E-state index contributed by atoms with van der Waals surface area (Å²) in [5.74, 6) is 0.733. The molecule has 1 amide bonds. The molecule has 1 heterocycles. The molecule has 1 aliphatic heterocycles. The van der Waals surface area contributed by atoms with Gasteiger partial charge in [0, 0.05) is 32.7 Å². The number of amides is 1. The van der Waals surface area contributed by atoms with Crippen molar-refractivity contribution in [3.63, 3.8) is 0 Å². The normalized spacial score (nSPS) is 14.4. The summed E-state index contributed by atoms with van der Waals surface area (Å²) in [4.78, 5) is 15.7. The van der Waals surface area contributed by atoms with Crippen LogP contribution < -0.4 is 4.74 Å². The Morgan fingerprint density at radius 3 is 2.76 bits per heavy atom. The second-order valence-electron chi connectivity index (χ2n) is 6.65. The maximum absolute atomic E-state index is 12.0. The number of likely N-dealkylation sites (N-methyl/N-ethyl adjacent to an activating group) is 1. The Kier molecular flexibility index (Phi) is 4.95. The van der Waals surface area contributed by atoms with Gasteiger partial charge in [-0.05, 0) is 35.7 Å². The Hall–Kier alpha value is -2.53. The van der Waals surface area contributed by atoms with Crippen LogP contribution in [0.5, 0.6) is 11.5 Å². The smallest absolute Gasteiger partial charge is 0.236 e. The van der Waals surface area contributed by atoms with Gasteiger partial charge in [-0.3, -0.25) is 9.69 Å². The molecule has 0 spiro atoms. The lowest BCUT2D eigenvalue weighted by Gasteiger charge is -2.21. The highest BCUT2D eigenvalue weighted by Crippen LogP contribution is 2.38. The van der Waals surface area contributed by atoms with Crippen LogP contribution in [0.4, 0.5) is 0 Å². The van der Waals surface area contributed by atoms with Gasteiger partial charge in [-0.25, -0.2) is 0 Å². The summed E-state index contributed by atoms with van der Waals surface area (Å²) in [6, 6.07) is 11.9. The van der Waals surface area contributed by atoms with E-state index >= 15 is 0 Å². The summed E-state index contributed by atoms with van der Waals surface area (Å²) in [5.41, 5.74) is 4.10. The van der Waals surface area contributed by atoms with Crippen molar-refractivity contribution >= 4 is 5.91 Å². The number of phenolic OH excluding ortho intramolecular Hbond substituents is 1. The van der Waals surface area contributed by atoms with E-state index in [4.69, 9.17) is 4.74 Å². The van der Waals surface area contributed by atoms with E-state index in [9.17, 15) is 9.90 Å². The van der Waals surface area contributed by atoms with Crippen molar-refractivity contribution in [2.45, 2.75) is 13.5 Å². The molecule has 0 bridgehead atoms. The van der Waals surface area contributed by atoms with E-state index in [1.165, 1.54) is 0 Å². The highest BCUT2D eigenvalue weighted by Gasteiger charge is 2.22. The molecule has 2 aromatic rings. The average Bonchev–Trinajstić information content (AvgIpc) is 2.77. The number of rotatable bonds is 3. The fraction of sp³-hybridized carbons (Fsp3) is 0.350. The number of carbonyl (C=O) groups excluding carboxylic acids is 1. The number of hydrogen-bond donors (Lipinski definition) is 1. The first-order valence-corrected chi connectivity index (χ1v) is 8.43. The van der Waals surface area contributed by atoms with Crippen LogP contribution in [0.2, 0.25) is 0 Å². The fourth-order valence-corrected chi connectivity index (χ4v) is 3.07. The van der Waals surface area contributed by atoms with Gasteiger partial charge in [-0.2, -0.15) is 0 Å². The first kappa shape index (κ1) is 17.3. The Morgan fingerprint density at radius 1 is 1.28 bits per heavy atom. The summed E-state index contributed by atoms with van der Waals surface area (Å²) in [7, 11) is 3.51. The zero-order valence-corrected chi connectivity index (χ0v) is 15.0. The summed E-state index contributed by atoms with van der Waals surface area (Å²) < 4.78 is 5.76. The monoisotopic (exact) mass is 340 g/mol. The third kappa shape index (κ3) is 3.77. The maximum atomic E-state index is 12.0. The molecule has 2 aromatic carbocycles. The Morgan fingerprint density at radius 2 is 2.04 bits per heavy atom. The predicted molar refractivity (Wildman–Crippen MR) is 97.7 cm³/mol. The average molecular weight is 340 g/mol. The molecule has 0 saturated heterocycles. The molecule has 0 saturated carbocycles. The first-order valence-electron chi connectivity index (χ1n) is 8.43. The molecule has 5 heteroatoms. The van der Waals surface area contributed by atoms with E-state index in [2.05, 4.69) is 24.0 Å². The van der Waals surface area contributed by atoms with Crippen LogP contribution in [0, 0.1) is 6.92 Å². The van der Waals surface area contributed by atoms with Gasteiger partial charge in [0.05, 0.1) is 6.54 Å². The number of hydrogen-bond acceptors (Lipinski definition) is 4. The third-order valence-electron chi connectivity index (χ3n) is 4.51. The van der Waals surface area contributed by atoms with Crippen LogP contribution in [-0.4, -0.2) is 54.6 Å². The molecule has 3 rings (SSSR count). The van der Waals surface area contributed by atoms with Crippen molar-refractivity contribution in [2.75, 3.05) is 33.8 Å². The molecule has 0 unspecified atom stereocenters. The van der Waals surface area contributed by atoms with Gasteiger partial charge < -0.3 is 14.7 Å². The number of phenols is 1. The van der Waals surface area contributed by atoms with Gasteiger partial charge in [0.25, 0.3) is 0 Å². The quantitative estimate of drug-likeness (QED) is 0.933. The van der Waals surface area contributed by atoms with E-state index in [-0.39, 0.29) is 11.7 Å². The maximum Gasteiger partial charge on any atom is 0.236 e. The zero-order valence-electron chi connectivity index (χ0n) is 15.0. The number of nitrogens with zero attached hydrogens (tertiary/aromatic N) is 2. The molecule has 0 fully saturated rings. The highest BCUT2D eigenvalue weighted by molar-refractivity contribution is 5.77. The van der Waals surface area contributed by atoms with Gasteiger partial charge >= 0.3 is 0 Å². The summed E-state index contributed by atoms with van der Waals surface area (Å²) >= 11 is 0. The molecule has 0 radical (unpaired) electrons. The Balaban J connectivity index is 1.94. The summed E-state index contributed by atoms with van der Waals surface area (Å²) in [5, 5.41) is 10.5. The first-order chi connectivity index (χ1) is 12.0. The highest BCUT2D eigenvalue weighted by atomic mass is 16.5. The topological polar surface area (TPSA) is 53.0 Å². The lowest BCUT2D eigenvalue weighted by Crippen LogP contribution is -2.37. The van der Waals surface area contributed by atoms with E-state index in [1.807, 2.05) is 18.2 Å². The lowest BCUT2D eigenvalue weighted by molar-refractivity contribution is -0.130. The second-order valence-corrected chi connectivity index (χ2v) is 6.65. The minimum Gasteiger partial charge on any atom is -0.504 e. The minimum atomic E-state index is 0.0581. The van der Waals surface area contributed by atoms with Crippen molar-refractivity contribution in [3.8, 4) is 22.6 Å². The number of ether oxygens (including phenoxy) is 1. The lowest BCUT2D eigenvalue weighted by atomic mass is 9.98. The van der Waals surface area contributed by atoms with Gasteiger partial charge in [0.15, 0.2) is 11.5 Å². The van der Waals surface area contributed by atoms with Crippen LogP contribution in [0.25, 0.3) is 11.1 Å². The third-order valence-corrected chi connectivity index (χ3v) is 4.51. The van der Waals surface area contributed by atoms with Crippen LogP contribution in [-0.2, 0) is 11.3 Å². The van der Waals surface area contributed by atoms with Gasteiger partial charge in [-0.15, -0.1) is 0 Å². The summed E-state index contributed by atoms with van der Waals surface area (Å²) in [6.45, 7) is 4.06. The van der Waals surface area contributed by atoms with E-state index in [0.717, 1.165) is 22.3 Å². The zero-order chi connectivity index (χ0) is 18.0. The molecule has 0 aliphatic carbocycles. The molecule has 1 N–H and O–H groups in total. The van der Waals surface area contributed by atoms with Crippen LogP contribution in [0.3, 0.4) is 0 Å². The number of aryl methyl sites for hydroxylation is 1. The molecule has 1 aliphatic rings. The Labute approximate surface area is 148 Å². The second kappa shape index (κ2) is 7.15. The van der Waals surface area contributed by atoms with Crippen molar-refractivity contribution in [2.24, 2.45) is 0 Å². The van der Waals surface area contributed by atoms with Crippen molar-refractivity contribution in [1.29, 1.82) is 0 Å². The number of aromatic hydroxyl groups is 1. The molecule has 25 heavy (non-hydrogen) atoms. The largest absolute Gasteiger partial charge is 0.504 e. The van der Waals surface area contributed by atoms with E-state index in [1.54, 1.807) is 25.1 Å². The van der Waals surface area contributed by atoms with Gasteiger partial charge in [0.1, 0.15) is 6.61 Å². The molecule has 132 valence electrons. The molecule has 5 nitrogen and oxygen atoms in total. The van der Waals surface area contributed by atoms with Gasteiger partial charge in [0.2, 0.25) is 5.91 Å². The van der Waals surface area contributed by atoms with E-state index in [0.29, 0.717) is 32.0 Å². The molecular weight excluding hydrogens is 316 g/mol. The summed E-state index contributed by atoms with van der Waals surface area (Å²) in [6.07, 6.45) is 0. The van der Waals surface area contributed by atoms with Crippen LogP contribution >= 0.6 is 0 Å². The SMILES string of the molecule is Cc1ccccc1-c1cc(O)c2c(c1)CN(CC(=O)N(C)C)CCO2. The van der Waals surface area contributed by atoms with Crippen molar-refractivity contribution < 1.29 is 14.6 Å². The number of benzene rings is 2. The van der Waals surface area contributed by atoms with Gasteiger partial charge in [-0.1, -0.05) is 24.3 Å². The van der Waals surface area contributed by atoms with Crippen LogP contribution in [0.15, 0.2) is 36.4 Å². The van der Waals surface area contributed by atoms with E-state index < -0.39 is 0 Å². The number of carbonyl (C=O) groups is 1.